The van der Waals surface area contributed by atoms with Crippen LogP contribution in [0.3, 0.4) is 0 Å². The summed E-state index contributed by atoms with van der Waals surface area (Å²) >= 11 is 0. The molecule has 1 saturated carbocycles. The fraction of sp³-hybridized carbons (Fsp3) is 0.562. The van der Waals surface area contributed by atoms with Crippen LogP contribution >= 0.6 is 0 Å². The van der Waals surface area contributed by atoms with E-state index in [0.29, 0.717) is 0 Å². The number of nitrogens with one attached hydrogen (secondary N) is 1. The molecule has 1 N–H and O–H groups in total. The molecular weight excluding hydrogens is 220 g/mol. The van der Waals surface area contributed by atoms with E-state index in [4.69, 9.17) is 4.99 Å². The Balaban J connectivity index is 1.98. The molecule has 0 unspecified atom stereocenters. The lowest BCUT2D eigenvalue weighted by Gasteiger charge is -2.31. The minimum atomic E-state index is 0.186. The quantitative estimate of drug-likeness (QED) is 0.845. The maximum Gasteiger partial charge on any atom is 0.107 e. The van der Waals surface area contributed by atoms with Crippen LogP contribution in [0.2, 0.25) is 0 Å². The summed E-state index contributed by atoms with van der Waals surface area (Å²) in [5.41, 5.74) is 1.64. The van der Waals surface area contributed by atoms with E-state index in [1.54, 1.807) is 0 Å². The Labute approximate surface area is 110 Å². The van der Waals surface area contributed by atoms with Gasteiger partial charge < -0.3 is 5.32 Å². The first-order chi connectivity index (χ1) is 8.92. The maximum atomic E-state index is 4.86. The summed E-state index contributed by atoms with van der Waals surface area (Å²) < 4.78 is 0. The van der Waals surface area contributed by atoms with Crippen molar-refractivity contribution in [3.05, 3.63) is 35.9 Å². The normalized spacial score (nSPS) is 23.0. The molecule has 18 heavy (non-hydrogen) atoms. The van der Waals surface area contributed by atoms with E-state index in [2.05, 4.69) is 35.6 Å². The first kappa shape index (κ1) is 11.8. The van der Waals surface area contributed by atoms with E-state index in [0.717, 1.165) is 13.1 Å². The fourth-order valence-corrected chi connectivity index (χ4v) is 3.41. The van der Waals surface area contributed by atoms with Gasteiger partial charge >= 0.3 is 0 Å². The van der Waals surface area contributed by atoms with Crippen LogP contribution in [-0.4, -0.2) is 18.9 Å². The Morgan fingerprint density at radius 2 is 1.72 bits per heavy atom. The van der Waals surface area contributed by atoms with Crippen molar-refractivity contribution in [2.45, 2.75) is 43.9 Å². The van der Waals surface area contributed by atoms with Gasteiger partial charge in [0.1, 0.15) is 5.84 Å². The van der Waals surface area contributed by atoms with Gasteiger partial charge in [0.15, 0.2) is 0 Å². The highest BCUT2D eigenvalue weighted by Gasteiger charge is 2.40. The third-order valence-corrected chi connectivity index (χ3v) is 4.38. The van der Waals surface area contributed by atoms with Crippen molar-refractivity contribution in [3.63, 3.8) is 0 Å². The maximum absolute atomic E-state index is 4.86. The lowest BCUT2D eigenvalue weighted by atomic mass is 9.77. The zero-order valence-corrected chi connectivity index (χ0v) is 11.0. The lowest BCUT2D eigenvalue weighted by molar-refractivity contribution is 0.575. The van der Waals surface area contributed by atoms with Crippen LogP contribution in [0.25, 0.3) is 0 Å². The SMILES string of the molecule is c1ccc(C2(C3=NCCCCN3)CCCC2)cc1. The Hall–Kier alpha value is -1.31. The smallest absolute Gasteiger partial charge is 0.107 e. The third kappa shape index (κ3) is 2.05. The molecule has 3 rings (SSSR count). The summed E-state index contributed by atoms with van der Waals surface area (Å²) in [4.78, 5) is 4.86. The molecule has 0 bridgehead atoms. The molecule has 1 heterocycles. The number of rotatable bonds is 2. The molecule has 1 aliphatic carbocycles. The lowest BCUT2D eigenvalue weighted by Crippen LogP contribution is -2.42. The summed E-state index contributed by atoms with van der Waals surface area (Å²) in [5, 5.41) is 3.61. The third-order valence-electron chi connectivity index (χ3n) is 4.38. The number of amidine groups is 1. The van der Waals surface area contributed by atoms with Crippen molar-refractivity contribution < 1.29 is 0 Å². The molecule has 0 amide bonds. The van der Waals surface area contributed by atoms with Gasteiger partial charge in [-0.3, -0.25) is 4.99 Å². The minimum Gasteiger partial charge on any atom is -0.373 e. The molecule has 1 aromatic rings. The zero-order chi connectivity index (χ0) is 12.3. The first-order valence-electron chi connectivity index (χ1n) is 7.26. The molecule has 1 fully saturated rings. The van der Waals surface area contributed by atoms with Crippen LogP contribution in [0.4, 0.5) is 0 Å². The molecule has 1 aliphatic heterocycles. The van der Waals surface area contributed by atoms with Crippen molar-refractivity contribution >= 4 is 5.84 Å². The number of aliphatic imine (C=N–C) groups is 1. The van der Waals surface area contributed by atoms with E-state index in [1.807, 2.05) is 0 Å². The van der Waals surface area contributed by atoms with Crippen molar-refractivity contribution in [2.75, 3.05) is 13.1 Å². The Morgan fingerprint density at radius 3 is 2.50 bits per heavy atom. The van der Waals surface area contributed by atoms with Crippen LogP contribution < -0.4 is 5.32 Å². The summed E-state index contributed by atoms with van der Waals surface area (Å²) in [5.74, 6) is 1.27. The number of hydrogen-bond donors (Lipinski definition) is 1. The van der Waals surface area contributed by atoms with E-state index < -0.39 is 0 Å². The average molecular weight is 242 g/mol. The van der Waals surface area contributed by atoms with Gasteiger partial charge in [-0.1, -0.05) is 43.2 Å². The zero-order valence-electron chi connectivity index (χ0n) is 11.0. The molecule has 0 radical (unpaired) electrons. The monoisotopic (exact) mass is 242 g/mol. The van der Waals surface area contributed by atoms with Gasteiger partial charge in [0.2, 0.25) is 0 Å². The predicted octanol–water partition coefficient (Wildman–Crippen LogP) is 3.28. The summed E-state index contributed by atoms with van der Waals surface area (Å²) in [6.45, 7) is 2.09. The van der Waals surface area contributed by atoms with Crippen molar-refractivity contribution in [1.82, 2.24) is 5.32 Å². The molecule has 0 spiro atoms. The van der Waals surface area contributed by atoms with E-state index in [9.17, 15) is 0 Å². The molecule has 0 atom stereocenters. The van der Waals surface area contributed by atoms with Crippen LogP contribution in [0, 0.1) is 0 Å². The summed E-state index contributed by atoms with van der Waals surface area (Å²) in [6.07, 6.45) is 7.64. The Kier molecular flexibility index (Phi) is 3.35. The largest absolute Gasteiger partial charge is 0.373 e. The van der Waals surface area contributed by atoms with Gasteiger partial charge in [0.25, 0.3) is 0 Å². The number of hydrogen-bond acceptors (Lipinski definition) is 2. The highest BCUT2D eigenvalue weighted by atomic mass is 15.0. The molecular formula is C16H22N2. The highest BCUT2D eigenvalue weighted by Crippen LogP contribution is 2.42. The second-order valence-corrected chi connectivity index (χ2v) is 5.52. The average Bonchev–Trinajstić information content (AvgIpc) is 2.77. The molecule has 1 aromatic carbocycles. The van der Waals surface area contributed by atoms with E-state index in [1.165, 1.54) is 49.9 Å². The number of nitrogens with zero attached hydrogens (tertiary/aromatic N) is 1. The van der Waals surface area contributed by atoms with E-state index in [-0.39, 0.29) is 5.41 Å². The molecule has 0 aromatic heterocycles. The molecule has 0 saturated heterocycles. The van der Waals surface area contributed by atoms with Crippen LogP contribution in [0.15, 0.2) is 35.3 Å². The predicted molar refractivity (Wildman–Crippen MR) is 76.1 cm³/mol. The van der Waals surface area contributed by atoms with Gasteiger partial charge in [0, 0.05) is 13.1 Å². The molecule has 2 heteroatoms. The molecule has 96 valence electrons. The Morgan fingerprint density at radius 1 is 0.944 bits per heavy atom. The van der Waals surface area contributed by atoms with Crippen molar-refractivity contribution in [1.29, 1.82) is 0 Å². The van der Waals surface area contributed by atoms with E-state index >= 15 is 0 Å². The van der Waals surface area contributed by atoms with Crippen molar-refractivity contribution in [3.8, 4) is 0 Å². The second-order valence-electron chi connectivity index (χ2n) is 5.52. The second kappa shape index (κ2) is 5.13. The standard InChI is InChI=1S/C16H22N2/c1-2-8-14(9-3-1)16(10-4-5-11-16)15-17-12-6-7-13-18-15/h1-3,8-9H,4-7,10-13H2,(H,17,18). The fourth-order valence-electron chi connectivity index (χ4n) is 3.41. The Bertz CT molecular complexity index is 416. The van der Waals surface area contributed by atoms with Gasteiger partial charge in [0.05, 0.1) is 5.41 Å². The topological polar surface area (TPSA) is 24.4 Å². The van der Waals surface area contributed by atoms with Crippen LogP contribution in [0.1, 0.15) is 44.1 Å². The minimum absolute atomic E-state index is 0.186. The molecule has 2 nitrogen and oxygen atoms in total. The van der Waals surface area contributed by atoms with Crippen LogP contribution in [-0.2, 0) is 5.41 Å². The summed E-state index contributed by atoms with van der Waals surface area (Å²) in [6, 6.07) is 11.0. The van der Waals surface area contributed by atoms with Gasteiger partial charge in [-0.2, -0.15) is 0 Å². The van der Waals surface area contributed by atoms with Gasteiger partial charge in [-0.15, -0.1) is 0 Å². The summed E-state index contributed by atoms with van der Waals surface area (Å²) in [7, 11) is 0. The van der Waals surface area contributed by atoms with Gasteiger partial charge in [-0.05, 0) is 31.2 Å². The van der Waals surface area contributed by atoms with Crippen molar-refractivity contribution in [2.24, 2.45) is 4.99 Å². The highest BCUT2D eigenvalue weighted by molar-refractivity contribution is 5.93. The number of benzene rings is 1. The molecule has 2 aliphatic rings. The first-order valence-corrected chi connectivity index (χ1v) is 7.26. The van der Waals surface area contributed by atoms with Gasteiger partial charge in [-0.25, -0.2) is 0 Å². The van der Waals surface area contributed by atoms with Crippen LogP contribution in [0.5, 0.6) is 0 Å².